The molecule has 2 heterocycles. The van der Waals surface area contributed by atoms with E-state index in [1.807, 2.05) is 68.4 Å². The molecule has 0 fully saturated rings. The van der Waals surface area contributed by atoms with Crippen LogP contribution in [0.5, 0.6) is 0 Å². The number of para-hydroxylation sites is 2. The van der Waals surface area contributed by atoms with Gasteiger partial charge < -0.3 is 10.6 Å². The minimum Gasteiger partial charge on any atom is -0.320 e. The summed E-state index contributed by atoms with van der Waals surface area (Å²) in [5.41, 5.74) is 4.06. The number of carbonyl (C=O) groups excluding carboxylic acids is 2. The quantitative estimate of drug-likeness (QED) is 0.546. The average Bonchev–Trinajstić information content (AvgIpc) is 3.11. The number of hydrogen-bond acceptors (Lipinski definition) is 3. The molecule has 0 unspecified atom stereocenters. The zero-order chi connectivity index (χ0) is 20.4. The maximum absolute atomic E-state index is 12.9. The van der Waals surface area contributed by atoms with Gasteiger partial charge in [-0.15, -0.1) is 0 Å². The lowest BCUT2D eigenvalue weighted by atomic mass is 10.2. The van der Waals surface area contributed by atoms with E-state index >= 15 is 0 Å². The summed E-state index contributed by atoms with van der Waals surface area (Å²) in [5, 5.41) is 5.76. The molecule has 0 radical (unpaired) electrons. The summed E-state index contributed by atoms with van der Waals surface area (Å²) in [4.78, 5) is 30.2. The number of amides is 2. The number of nitrogens with one attached hydrogen (secondary N) is 2. The number of imidazole rings is 1. The van der Waals surface area contributed by atoms with Gasteiger partial charge in [-0.05, 0) is 49.2 Å². The van der Waals surface area contributed by atoms with Crippen LogP contribution < -0.4 is 10.6 Å². The topological polar surface area (TPSA) is 75.5 Å². The molecule has 0 bridgehead atoms. The average molecular weight is 384 g/mol. The summed E-state index contributed by atoms with van der Waals surface area (Å²) >= 11 is 0. The number of anilines is 2. The fourth-order valence-corrected chi connectivity index (χ4v) is 3.15. The molecule has 2 N–H and O–H groups in total. The van der Waals surface area contributed by atoms with Crippen molar-refractivity contribution in [2.24, 2.45) is 0 Å². The molecule has 0 aliphatic rings. The summed E-state index contributed by atoms with van der Waals surface area (Å²) < 4.78 is 1.63. The molecule has 0 atom stereocenters. The van der Waals surface area contributed by atoms with Crippen LogP contribution in [0.4, 0.5) is 11.4 Å². The van der Waals surface area contributed by atoms with Gasteiger partial charge in [0.15, 0.2) is 5.69 Å². The second kappa shape index (κ2) is 7.59. The van der Waals surface area contributed by atoms with Crippen LogP contribution in [0.1, 0.15) is 32.2 Å². The molecule has 0 saturated heterocycles. The molecule has 29 heavy (non-hydrogen) atoms. The highest BCUT2D eigenvalue weighted by atomic mass is 16.2. The van der Waals surface area contributed by atoms with Crippen molar-refractivity contribution in [1.82, 2.24) is 9.38 Å². The van der Waals surface area contributed by atoms with Crippen LogP contribution in [0.3, 0.4) is 0 Å². The molecule has 4 rings (SSSR count). The predicted molar refractivity (Wildman–Crippen MR) is 113 cm³/mol. The fourth-order valence-electron chi connectivity index (χ4n) is 3.15. The van der Waals surface area contributed by atoms with Gasteiger partial charge in [-0.3, -0.25) is 14.0 Å². The Labute approximate surface area is 168 Å². The molecule has 2 aromatic carbocycles. The van der Waals surface area contributed by atoms with Crippen LogP contribution in [0.15, 0.2) is 72.9 Å². The normalized spacial score (nSPS) is 10.7. The van der Waals surface area contributed by atoms with Gasteiger partial charge in [-0.25, -0.2) is 4.98 Å². The summed E-state index contributed by atoms with van der Waals surface area (Å²) in [7, 11) is 0. The highest BCUT2D eigenvalue weighted by Gasteiger charge is 2.22. The maximum Gasteiger partial charge on any atom is 0.292 e. The standard InChI is InChI=1S/C23H20N4O2/c1-15-9-3-5-11-17(15)24-22(28)20-19-13-7-8-14-27(19)21(26-20)23(29)25-18-12-6-4-10-16(18)2/h3-14H,1-2H3,(H,24,28)(H,25,29). The molecule has 2 amide bonds. The Kier molecular flexibility index (Phi) is 4.83. The van der Waals surface area contributed by atoms with Crippen molar-refractivity contribution in [3.8, 4) is 0 Å². The first-order chi connectivity index (χ1) is 14.0. The third kappa shape index (κ3) is 3.60. The summed E-state index contributed by atoms with van der Waals surface area (Å²) in [6.07, 6.45) is 1.72. The lowest BCUT2D eigenvalue weighted by Crippen LogP contribution is -2.17. The van der Waals surface area contributed by atoms with Gasteiger partial charge >= 0.3 is 0 Å². The van der Waals surface area contributed by atoms with Gasteiger partial charge in [0.2, 0.25) is 5.82 Å². The Bertz CT molecular complexity index is 1130. The van der Waals surface area contributed by atoms with Crippen molar-refractivity contribution in [2.45, 2.75) is 13.8 Å². The zero-order valence-electron chi connectivity index (χ0n) is 16.1. The van der Waals surface area contributed by atoms with E-state index in [2.05, 4.69) is 15.6 Å². The van der Waals surface area contributed by atoms with E-state index < -0.39 is 0 Å². The van der Waals surface area contributed by atoms with E-state index in [-0.39, 0.29) is 23.3 Å². The van der Waals surface area contributed by atoms with Crippen LogP contribution in [0.2, 0.25) is 0 Å². The minimum absolute atomic E-state index is 0.152. The number of fused-ring (bicyclic) bond motifs is 1. The summed E-state index contributed by atoms with van der Waals surface area (Å²) in [6, 6.07) is 20.4. The second-order valence-corrected chi connectivity index (χ2v) is 6.78. The van der Waals surface area contributed by atoms with E-state index in [1.54, 1.807) is 22.7 Å². The Morgan fingerprint density at radius 1 is 0.759 bits per heavy atom. The van der Waals surface area contributed by atoms with Gasteiger partial charge in [0.1, 0.15) is 0 Å². The first-order valence-corrected chi connectivity index (χ1v) is 9.25. The maximum atomic E-state index is 12.9. The molecule has 6 nitrogen and oxygen atoms in total. The summed E-state index contributed by atoms with van der Waals surface area (Å²) in [6.45, 7) is 3.84. The molecule has 6 heteroatoms. The largest absolute Gasteiger partial charge is 0.320 e. The lowest BCUT2D eigenvalue weighted by Gasteiger charge is -2.07. The molecule has 0 aliphatic carbocycles. The van der Waals surface area contributed by atoms with Gasteiger partial charge in [0.25, 0.3) is 11.8 Å². The highest BCUT2D eigenvalue weighted by molar-refractivity contribution is 6.10. The number of nitrogens with zero attached hydrogens (tertiary/aromatic N) is 2. The van der Waals surface area contributed by atoms with Gasteiger partial charge in [-0.2, -0.15) is 0 Å². The van der Waals surface area contributed by atoms with Gasteiger partial charge in [0.05, 0.1) is 5.52 Å². The number of aromatic nitrogens is 2. The molecule has 0 aliphatic heterocycles. The van der Waals surface area contributed by atoms with Crippen molar-refractivity contribution in [3.63, 3.8) is 0 Å². The Morgan fingerprint density at radius 3 is 1.93 bits per heavy atom. The number of aryl methyl sites for hydroxylation is 2. The first-order valence-electron chi connectivity index (χ1n) is 9.25. The van der Waals surface area contributed by atoms with E-state index in [9.17, 15) is 9.59 Å². The SMILES string of the molecule is Cc1ccccc1NC(=O)c1nc(C(=O)Nc2ccccc2C)n2ccccc12. The third-order valence-electron chi connectivity index (χ3n) is 4.75. The van der Waals surface area contributed by atoms with Crippen molar-refractivity contribution < 1.29 is 9.59 Å². The number of carbonyl (C=O) groups is 2. The van der Waals surface area contributed by atoms with Crippen LogP contribution in [0, 0.1) is 13.8 Å². The van der Waals surface area contributed by atoms with Crippen molar-refractivity contribution >= 4 is 28.7 Å². The van der Waals surface area contributed by atoms with Crippen molar-refractivity contribution in [2.75, 3.05) is 10.6 Å². The first kappa shape index (κ1) is 18.4. The van der Waals surface area contributed by atoms with Crippen LogP contribution in [-0.4, -0.2) is 21.2 Å². The summed E-state index contributed by atoms with van der Waals surface area (Å²) in [5.74, 6) is -0.591. The second-order valence-electron chi connectivity index (χ2n) is 6.78. The molecule has 0 saturated carbocycles. The fraction of sp³-hybridized carbons (Fsp3) is 0.0870. The number of hydrogen-bond donors (Lipinski definition) is 2. The predicted octanol–water partition coefficient (Wildman–Crippen LogP) is 4.46. The highest BCUT2D eigenvalue weighted by Crippen LogP contribution is 2.20. The van der Waals surface area contributed by atoms with Crippen LogP contribution in [0.25, 0.3) is 5.52 Å². The Balaban J connectivity index is 1.70. The third-order valence-corrected chi connectivity index (χ3v) is 4.75. The van der Waals surface area contributed by atoms with Crippen LogP contribution in [-0.2, 0) is 0 Å². The van der Waals surface area contributed by atoms with E-state index in [1.165, 1.54) is 0 Å². The van der Waals surface area contributed by atoms with Gasteiger partial charge in [0, 0.05) is 17.6 Å². The molecule has 0 spiro atoms. The molecular formula is C23H20N4O2. The van der Waals surface area contributed by atoms with Crippen molar-refractivity contribution in [3.05, 3.63) is 95.6 Å². The Hall–Kier alpha value is -3.93. The minimum atomic E-state index is -0.379. The zero-order valence-corrected chi connectivity index (χ0v) is 16.1. The van der Waals surface area contributed by atoms with E-state index in [0.29, 0.717) is 16.9 Å². The molecule has 4 aromatic rings. The lowest BCUT2D eigenvalue weighted by molar-refractivity contribution is 0.101. The van der Waals surface area contributed by atoms with Crippen LogP contribution >= 0.6 is 0 Å². The van der Waals surface area contributed by atoms with Gasteiger partial charge in [-0.1, -0.05) is 42.5 Å². The molecule has 144 valence electrons. The molecule has 2 aromatic heterocycles. The number of rotatable bonds is 4. The Morgan fingerprint density at radius 2 is 1.31 bits per heavy atom. The van der Waals surface area contributed by atoms with E-state index in [0.717, 1.165) is 11.1 Å². The number of pyridine rings is 1. The molecular weight excluding hydrogens is 364 g/mol. The smallest absolute Gasteiger partial charge is 0.292 e. The van der Waals surface area contributed by atoms with Crippen molar-refractivity contribution in [1.29, 1.82) is 0 Å². The monoisotopic (exact) mass is 384 g/mol. The number of benzene rings is 2. The van der Waals surface area contributed by atoms with E-state index in [4.69, 9.17) is 0 Å².